The molecule has 126 valence electrons. The molecule has 0 saturated carbocycles. The van der Waals surface area contributed by atoms with Gasteiger partial charge in [-0.05, 0) is 35.9 Å². The van der Waals surface area contributed by atoms with E-state index >= 15 is 0 Å². The lowest BCUT2D eigenvalue weighted by Crippen LogP contribution is -2.43. The topological polar surface area (TPSA) is 50.4 Å². The molecule has 2 N–H and O–H groups in total. The summed E-state index contributed by atoms with van der Waals surface area (Å²) in [5.74, 6) is -0.980. The second kappa shape index (κ2) is 7.51. The molecule has 0 aliphatic carbocycles. The fourth-order valence-corrected chi connectivity index (χ4v) is 2.67. The summed E-state index contributed by atoms with van der Waals surface area (Å²) in [6, 6.07) is 9.79. The van der Waals surface area contributed by atoms with Crippen LogP contribution >= 0.6 is 0 Å². The number of nitrogens with one attached hydrogen (secondary N) is 2. The molecule has 24 heavy (non-hydrogen) atoms. The smallest absolute Gasteiger partial charge is 0.226 e. The summed E-state index contributed by atoms with van der Waals surface area (Å²) in [6.45, 7) is 1.85. The van der Waals surface area contributed by atoms with Crippen LogP contribution < -0.4 is 10.6 Å². The van der Waals surface area contributed by atoms with Crippen LogP contribution in [0.3, 0.4) is 0 Å². The van der Waals surface area contributed by atoms with Gasteiger partial charge in [0.1, 0.15) is 11.6 Å². The summed E-state index contributed by atoms with van der Waals surface area (Å²) >= 11 is 0. The largest absolute Gasteiger partial charge is 0.378 e. The van der Waals surface area contributed by atoms with E-state index in [2.05, 4.69) is 10.6 Å². The average Bonchev–Trinajstić information content (AvgIpc) is 2.58. The van der Waals surface area contributed by atoms with Gasteiger partial charge in [-0.15, -0.1) is 0 Å². The fourth-order valence-electron chi connectivity index (χ4n) is 2.67. The minimum atomic E-state index is -0.422. The third-order valence-electron chi connectivity index (χ3n) is 3.84. The van der Waals surface area contributed by atoms with Gasteiger partial charge in [-0.2, -0.15) is 0 Å². The molecule has 1 aliphatic rings. The van der Waals surface area contributed by atoms with Crippen molar-refractivity contribution in [3.63, 3.8) is 0 Å². The molecule has 6 heteroatoms. The number of hydrogen-bond donors (Lipinski definition) is 2. The average molecular weight is 332 g/mol. The second-order valence-corrected chi connectivity index (χ2v) is 5.68. The number of amides is 1. The first kappa shape index (κ1) is 16.5. The lowest BCUT2D eigenvalue weighted by Gasteiger charge is -2.23. The standard InChI is InChI=1S/C18H18F2N2O2/c19-13-3-1-12(2-4-13)16-9-14(20)5-6-17(16)22-18(23)10-15-11-24-8-7-21-15/h1-6,9,15,21H,7-8,10-11H2,(H,22,23). The van der Waals surface area contributed by atoms with E-state index in [1.165, 1.54) is 30.3 Å². The number of benzene rings is 2. The molecule has 3 rings (SSSR count). The molecule has 0 radical (unpaired) electrons. The van der Waals surface area contributed by atoms with Gasteiger partial charge in [0.2, 0.25) is 5.91 Å². The number of halogens is 2. The van der Waals surface area contributed by atoms with E-state index in [1.54, 1.807) is 12.1 Å². The van der Waals surface area contributed by atoms with Gasteiger partial charge in [-0.25, -0.2) is 8.78 Å². The Morgan fingerprint density at radius 2 is 1.92 bits per heavy atom. The van der Waals surface area contributed by atoms with Gasteiger partial charge >= 0.3 is 0 Å². The molecule has 0 spiro atoms. The van der Waals surface area contributed by atoms with Crippen molar-refractivity contribution in [3.8, 4) is 11.1 Å². The highest BCUT2D eigenvalue weighted by Gasteiger charge is 2.18. The van der Waals surface area contributed by atoms with Gasteiger partial charge < -0.3 is 15.4 Å². The summed E-state index contributed by atoms with van der Waals surface area (Å²) in [7, 11) is 0. The minimum absolute atomic E-state index is 0.0338. The Morgan fingerprint density at radius 3 is 2.62 bits per heavy atom. The Kier molecular flexibility index (Phi) is 5.17. The van der Waals surface area contributed by atoms with E-state index in [-0.39, 0.29) is 24.2 Å². The van der Waals surface area contributed by atoms with Gasteiger partial charge in [-0.1, -0.05) is 12.1 Å². The van der Waals surface area contributed by atoms with E-state index in [0.717, 1.165) is 6.54 Å². The lowest BCUT2D eigenvalue weighted by atomic mass is 10.0. The van der Waals surface area contributed by atoms with Crippen molar-refractivity contribution in [2.75, 3.05) is 25.1 Å². The third kappa shape index (κ3) is 4.15. The highest BCUT2D eigenvalue weighted by molar-refractivity contribution is 5.95. The molecule has 1 saturated heterocycles. The molecule has 1 atom stereocenters. The predicted molar refractivity (Wildman–Crippen MR) is 87.7 cm³/mol. The van der Waals surface area contributed by atoms with Crippen molar-refractivity contribution in [1.82, 2.24) is 5.32 Å². The van der Waals surface area contributed by atoms with Gasteiger partial charge in [0.15, 0.2) is 0 Å². The molecule has 0 aromatic heterocycles. The molecular weight excluding hydrogens is 314 g/mol. The first-order valence-corrected chi connectivity index (χ1v) is 7.78. The predicted octanol–water partition coefficient (Wildman–Crippen LogP) is 2.95. The van der Waals surface area contributed by atoms with Crippen LogP contribution in [0.5, 0.6) is 0 Å². The summed E-state index contributed by atoms with van der Waals surface area (Å²) in [6.07, 6.45) is 0.264. The molecular formula is C18H18F2N2O2. The molecule has 1 unspecified atom stereocenters. The zero-order valence-corrected chi connectivity index (χ0v) is 13.0. The molecule has 0 bridgehead atoms. The Morgan fingerprint density at radius 1 is 1.17 bits per heavy atom. The van der Waals surface area contributed by atoms with Crippen LogP contribution in [0.2, 0.25) is 0 Å². The third-order valence-corrected chi connectivity index (χ3v) is 3.84. The van der Waals surface area contributed by atoms with E-state index in [9.17, 15) is 13.6 Å². The number of rotatable bonds is 4. The summed E-state index contributed by atoms with van der Waals surface area (Å²) in [5, 5.41) is 6.01. The zero-order valence-electron chi connectivity index (χ0n) is 13.0. The Labute approximate surface area is 138 Å². The summed E-state index contributed by atoms with van der Waals surface area (Å²) in [5.41, 5.74) is 1.63. The quantitative estimate of drug-likeness (QED) is 0.905. The number of carbonyl (C=O) groups is 1. The molecule has 1 fully saturated rings. The van der Waals surface area contributed by atoms with Crippen molar-refractivity contribution < 1.29 is 18.3 Å². The molecule has 4 nitrogen and oxygen atoms in total. The highest BCUT2D eigenvalue weighted by Crippen LogP contribution is 2.29. The van der Waals surface area contributed by atoms with Gasteiger partial charge in [-0.3, -0.25) is 4.79 Å². The normalized spacial score (nSPS) is 17.5. The number of ether oxygens (including phenoxy) is 1. The monoisotopic (exact) mass is 332 g/mol. The van der Waals surface area contributed by atoms with Crippen LogP contribution in [-0.2, 0) is 9.53 Å². The fraction of sp³-hybridized carbons (Fsp3) is 0.278. The van der Waals surface area contributed by atoms with Crippen LogP contribution in [0.1, 0.15) is 6.42 Å². The van der Waals surface area contributed by atoms with Crippen LogP contribution in [0.15, 0.2) is 42.5 Å². The van der Waals surface area contributed by atoms with Gasteiger partial charge in [0.05, 0.1) is 13.2 Å². The second-order valence-electron chi connectivity index (χ2n) is 5.68. The molecule has 1 aliphatic heterocycles. The minimum Gasteiger partial charge on any atom is -0.378 e. The van der Waals surface area contributed by atoms with E-state index in [4.69, 9.17) is 4.74 Å². The SMILES string of the molecule is O=C(CC1COCCN1)Nc1ccc(F)cc1-c1ccc(F)cc1. The highest BCUT2D eigenvalue weighted by atomic mass is 19.1. The number of morpholine rings is 1. The maximum absolute atomic E-state index is 13.6. The van der Waals surface area contributed by atoms with Crippen LogP contribution in [0.25, 0.3) is 11.1 Å². The summed E-state index contributed by atoms with van der Waals surface area (Å²) in [4.78, 5) is 12.2. The first-order valence-electron chi connectivity index (χ1n) is 7.78. The first-order chi connectivity index (χ1) is 11.6. The van der Waals surface area contributed by atoms with E-state index in [0.29, 0.717) is 30.0 Å². The number of hydrogen-bond acceptors (Lipinski definition) is 3. The van der Waals surface area contributed by atoms with Gasteiger partial charge in [0, 0.05) is 30.3 Å². The van der Waals surface area contributed by atoms with Gasteiger partial charge in [0.25, 0.3) is 0 Å². The van der Waals surface area contributed by atoms with Crippen molar-refractivity contribution in [3.05, 3.63) is 54.1 Å². The van der Waals surface area contributed by atoms with Crippen molar-refractivity contribution in [2.45, 2.75) is 12.5 Å². The lowest BCUT2D eigenvalue weighted by molar-refractivity contribution is -0.117. The molecule has 1 amide bonds. The van der Waals surface area contributed by atoms with Crippen LogP contribution in [-0.4, -0.2) is 31.7 Å². The molecule has 1 heterocycles. The van der Waals surface area contributed by atoms with Crippen molar-refractivity contribution >= 4 is 11.6 Å². The zero-order chi connectivity index (χ0) is 16.9. The Hall–Kier alpha value is -2.31. The van der Waals surface area contributed by atoms with Crippen LogP contribution in [0, 0.1) is 11.6 Å². The van der Waals surface area contributed by atoms with Crippen molar-refractivity contribution in [2.24, 2.45) is 0 Å². The maximum Gasteiger partial charge on any atom is 0.226 e. The Bertz CT molecular complexity index is 713. The van der Waals surface area contributed by atoms with Crippen LogP contribution in [0.4, 0.5) is 14.5 Å². The van der Waals surface area contributed by atoms with E-state index in [1.807, 2.05) is 0 Å². The number of anilines is 1. The number of carbonyl (C=O) groups excluding carboxylic acids is 1. The Balaban J connectivity index is 1.77. The maximum atomic E-state index is 13.6. The molecule has 2 aromatic rings. The van der Waals surface area contributed by atoms with Crippen molar-refractivity contribution in [1.29, 1.82) is 0 Å². The summed E-state index contributed by atoms with van der Waals surface area (Å²) < 4.78 is 32.0. The molecule has 2 aromatic carbocycles. The van der Waals surface area contributed by atoms with E-state index < -0.39 is 5.82 Å².